The van der Waals surface area contributed by atoms with Gasteiger partial charge in [0, 0.05) is 61.5 Å². The third kappa shape index (κ3) is 16.3. The van der Waals surface area contributed by atoms with Gasteiger partial charge in [0.25, 0.3) is 8.75 Å². The lowest BCUT2D eigenvalue weighted by atomic mass is 10.6. The van der Waals surface area contributed by atoms with E-state index < -0.39 is 18.6 Å². The maximum atomic E-state index is 5.35. The van der Waals surface area contributed by atoms with Crippen LogP contribution < -0.4 is 0 Å². The third-order valence-corrected chi connectivity index (χ3v) is 16.7. The average Bonchev–Trinajstić information content (AvgIpc) is 2.73. The van der Waals surface area contributed by atoms with E-state index in [1.54, 1.807) is 28.4 Å². The first-order valence-electron chi connectivity index (χ1n) is 9.29. The van der Waals surface area contributed by atoms with Crippen LogP contribution >= 0.6 is 64.8 Å². The summed E-state index contributed by atoms with van der Waals surface area (Å²) >= 11 is 3.81. The fourth-order valence-electron chi connectivity index (χ4n) is 1.87. The predicted molar refractivity (Wildman–Crippen MR) is 148 cm³/mol. The molecular weight excluding hydrogens is 533 g/mol. The van der Waals surface area contributed by atoms with E-state index in [9.17, 15) is 0 Å². The molecule has 0 spiro atoms. The van der Waals surface area contributed by atoms with Crippen LogP contribution in [0.4, 0.5) is 0 Å². The third-order valence-electron chi connectivity index (χ3n) is 3.38. The molecule has 0 amide bonds. The first kappa shape index (κ1) is 31.7. The fraction of sp³-hybridized carbons (Fsp3) is 0.875. The lowest BCUT2D eigenvalue weighted by Gasteiger charge is -2.08. The summed E-state index contributed by atoms with van der Waals surface area (Å²) < 4.78 is 28.4. The molecular formula is C16H36N2O4S6Si2+2. The second-order valence-corrected chi connectivity index (χ2v) is 18.5. The molecule has 2 radical (unpaired) electrons. The van der Waals surface area contributed by atoms with Crippen LogP contribution in [0.25, 0.3) is 0 Å². The second kappa shape index (κ2) is 21.3. The van der Waals surface area contributed by atoms with Crippen molar-refractivity contribution in [2.75, 3.05) is 68.1 Å². The SMILES string of the molecule is CO[Si](CCCSC(SSSSC(SCCC[Si](OC)OC)=[N+](C)C)=[N+](C)C)OC. The van der Waals surface area contributed by atoms with E-state index in [0.29, 0.717) is 0 Å². The summed E-state index contributed by atoms with van der Waals surface area (Å²) in [6.07, 6.45) is 2.21. The Labute approximate surface area is 210 Å². The van der Waals surface area contributed by atoms with Crippen molar-refractivity contribution in [1.29, 1.82) is 0 Å². The average molecular weight is 569 g/mol. The number of rotatable bonds is 15. The normalized spacial score (nSPS) is 11.4. The highest BCUT2D eigenvalue weighted by Crippen LogP contribution is 2.47. The van der Waals surface area contributed by atoms with Gasteiger partial charge in [-0.25, -0.2) is 9.15 Å². The van der Waals surface area contributed by atoms with E-state index in [4.69, 9.17) is 17.7 Å². The number of thioether (sulfide) groups is 2. The zero-order valence-corrected chi connectivity index (χ0v) is 26.1. The quantitative estimate of drug-likeness (QED) is 0.0692. The van der Waals surface area contributed by atoms with Crippen molar-refractivity contribution in [2.24, 2.45) is 0 Å². The summed E-state index contributed by atoms with van der Waals surface area (Å²) in [6.45, 7) is 0. The van der Waals surface area contributed by atoms with E-state index in [1.807, 2.05) is 64.8 Å². The van der Waals surface area contributed by atoms with Gasteiger partial charge in [-0.1, -0.05) is 0 Å². The highest BCUT2D eigenvalue weighted by molar-refractivity contribution is 9.30. The molecule has 0 unspecified atom stereocenters. The standard InChI is InChI=1S/C16H36N2O4S6Si2/c1-17(2)15(23-11-9-13-29(19-5)20-6)25-27-28-26-16(18(3)4)24-12-10-14-30(21-7)22-8/h9-14H2,1-8H3/q+2. The van der Waals surface area contributed by atoms with Crippen molar-refractivity contribution in [3.63, 3.8) is 0 Å². The molecule has 0 aliphatic heterocycles. The van der Waals surface area contributed by atoms with Crippen molar-refractivity contribution in [1.82, 2.24) is 0 Å². The Morgan fingerprint density at radius 2 is 0.967 bits per heavy atom. The van der Waals surface area contributed by atoms with Crippen LogP contribution in [0.1, 0.15) is 12.8 Å². The molecule has 176 valence electrons. The first-order valence-corrected chi connectivity index (χ1v) is 19.1. The molecule has 0 aromatic rings. The molecule has 0 heterocycles. The van der Waals surface area contributed by atoms with Crippen molar-refractivity contribution >= 4 is 92.1 Å². The number of hydrogen-bond donors (Lipinski definition) is 0. The van der Waals surface area contributed by atoms with Crippen LogP contribution in [0.3, 0.4) is 0 Å². The number of hydrogen-bond acceptors (Lipinski definition) is 10. The van der Waals surface area contributed by atoms with Crippen LogP contribution in [0, 0.1) is 0 Å². The van der Waals surface area contributed by atoms with E-state index in [2.05, 4.69) is 37.3 Å². The van der Waals surface area contributed by atoms with Gasteiger partial charge in [0.2, 0.25) is 0 Å². The summed E-state index contributed by atoms with van der Waals surface area (Å²) in [5, 5.41) is 0. The molecule has 14 heteroatoms. The van der Waals surface area contributed by atoms with Crippen LogP contribution in [-0.4, -0.2) is 105 Å². The molecule has 0 saturated carbocycles. The van der Waals surface area contributed by atoms with Gasteiger partial charge in [-0.15, -0.1) is 0 Å². The summed E-state index contributed by atoms with van der Waals surface area (Å²) in [7, 11) is 20.5. The molecule has 6 nitrogen and oxygen atoms in total. The molecule has 0 aliphatic carbocycles. The largest absolute Gasteiger partial charge is 0.397 e. The van der Waals surface area contributed by atoms with E-state index in [1.165, 1.54) is 8.75 Å². The van der Waals surface area contributed by atoms with Gasteiger partial charge in [0.05, 0.1) is 0 Å². The van der Waals surface area contributed by atoms with Crippen LogP contribution in [0.5, 0.6) is 0 Å². The lowest BCUT2D eigenvalue weighted by Crippen LogP contribution is -2.18. The maximum Gasteiger partial charge on any atom is 0.384 e. The molecule has 30 heavy (non-hydrogen) atoms. The monoisotopic (exact) mass is 568 g/mol. The molecule has 0 fully saturated rings. The summed E-state index contributed by atoms with van der Waals surface area (Å²) in [6, 6.07) is 2.03. The minimum Gasteiger partial charge on any atom is -0.397 e. The van der Waals surface area contributed by atoms with Gasteiger partial charge in [-0.2, -0.15) is 0 Å². The Bertz CT molecular complexity index is 460. The van der Waals surface area contributed by atoms with Gasteiger partial charge >= 0.3 is 18.6 Å². The van der Waals surface area contributed by atoms with Crippen molar-refractivity contribution in [3.05, 3.63) is 0 Å². The van der Waals surface area contributed by atoms with Crippen molar-refractivity contribution in [2.45, 2.75) is 24.9 Å². The maximum absolute atomic E-state index is 5.35. The highest BCUT2D eigenvalue weighted by atomic mass is 33.7. The molecule has 0 N–H and O–H groups in total. The topological polar surface area (TPSA) is 42.9 Å². The van der Waals surface area contributed by atoms with E-state index in [0.717, 1.165) is 36.4 Å². The summed E-state index contributed by atoms with van der Waals surface area (Å²) in [5.41, 5.74) is 0. The van der Waals surface area contributed by atoms with Crippen LogP contribution in [-0.2, 0) is 17.7 Å². The molecule has 0 aromatic carbocycles. The van der Waals surface area contributed by atoms with Crippen LogP contribution in [0.15, 0.2) is 0 Å². The zero-order chi connectivity index (χ0) is 22.8. The van der Waals surface area contributed by atoms with Gasteiger partial charge in [-0.3, -0.25) is 0 Å². The Hall–Kier alpha value is 1.71. The predicted octanol–water partition coefficient (Wildman–Crippen LogP) is 4.73. The lowest BCUT2D eigenvalue weighted by molar-refractivity contribution is -0.458. The van der Waals surface area contributed by atoms with E-state index in [-0.39, 0.29) is 0 Å². The molecule has 0 rings (SSSR count). The highest BCUT2D eigenvalue weighted by Gasteiger charge is 2.17. The molecule has 0 aromatic heterocycles. The molecule has 0 bridgehead atoms. The van der Waals surface area contributed by atoms with Gasteiger partial charge in [0.1, 0.15) is 28.2 Å². The minimum absolute atomic E-state index is 1.02. The zero-order valence-electron chi connectivity index (χ0n) is 19.2. The Balaban J connectivity index is 4.19. The van der Waals surface area contributed by atoms with Crippen molar-refractivity contribution < 1.29 is 26.9 Å². The summed E-state index contributed by atoms with van der Waals surface area (Å²) in [4.78, 5) is 0. The smallest absolute Gasteiger partial charge is 0.384 e. The van der Waals surface area contributed by atoms with Gasteiger partial charge in [0.15, 0.2) is 0 Å². The minimum atomic E-state index is -1.07. The fourth-order valence-corrected chi connectivity index (χ4v) is 14.1. The number of nitrogens with zero attached hydrogens (tertiary/aromatic N) is 2. The van der Waals surface area contributed by atoms with Gasteiger partial charge < -0.3 is 17.7 Å². The first-order chi connectivity index (χ1) is 14.4. The van der Waals surface area contributed by atoms with Gasteiger partial charge in [-0.05, 0) is 68.1 Å². The van der Waals surface area contributed by atoms with Crippen LogP contribution in [0.2, 0.25) is 12.1 Å². The molecule has 0 atom stereocenters. The Morgan fingerprint density at radius 1 is 0.633 bits per heavy atom. The van der Waals surface area contributed by atoms with Crippen molar-refractivity contribution in [3.8, 4) is 0 Å². The second-order valence-electron chi connectivity index (χ2n) is 6.09. The van der Waals surface area contributed by atoms with E-state index >= 15 is 0 Å². The summed E-state index contributed by atoms with van der Waals surface area (Å²) in [5.74, 6) is 2.16. The Morgan fingerprint density at radius 3 is 1.23 bits per heavy atom. The molecule has 0 aliphatic rings. The molecule has 0 saturated heterocycles. The Kier molecular flexibility index (Phi) is 22.5.